The second kappa shape index (κ2) is 9.97. The van der Waals surface area contributed by atoms with Crippen LogP contribution in [0.1, 0.15) is 62.0 Å². The van der Waals surface area contributed by atoms with E-state index in [1.165, 1.54) is 18.3 Å². The molecule has 1 aliphatic carbocycles. The number of nitrogens with zero attached hydrogens (tertiary/aromatic N) is 6. The van der Waals surface area contributed by atoms with Gasteiger partial charge in [0.2, 0.25) is 0 Å². The van der Waals surface area contributed by atoms with Gasteiger partial charge in [-0.05, 0) is 48.1 Å². The van der Waals surface area contributed by atoms with Crippen LogP contribution in [0.2, 0.25) is 0 Å². The van der Waals surface area contributed by atoms with Gasteiger partial charge in [0.25, 0.3) is 0 Å². The van der Waals surface area contributed by atoms with E-state index in [0.29, 0.717) is 45.6 Å². The lowest BCUT2D eigenvalue weighted by atomic mass is 9.96. The number of anilines is 2. The molecule has 0 amide bonds. The molecule has 3 N–H and O–H groups in total. The van der Waals surface area contributed by atoms with E-state index in [9.17, 15) is 20.0 Å². The monoisotopic (exact) mass is 524 g/mol. The van der Waals surface area contributed by atoms with Gasteiger partial charge in [0.1, 0.15) is 23.6 Å². The first-order chi connectivity index (χ1) is 18.7. The minimum Gasteiger partial charge on any atom is -0.394 e. The number of rotatable bonds is 8. The van der Waals surface area contributed by atoms with E-state index < -0.39 is 11.6 Å². The molecule has 9 nitrogen and oxygen atoms in total. The third kappa shape index (κ3) is 5.25. The maximum absolute atomic E-state index is 13.8. The van der Waals surface area contributed by atoms with Crippen molar-refractivity contribution < 1.29 is 9.50 Å². The normalized spacial score (nSPS) is 14.8. The Labute approximate surface area is 225 Å². The van der Waals surface area contributed by atoms with Gasteiger partial charge in [-0.1, -0.05) is 38.1 Å². The first kappa shape index (κ1) is 26.1. The molecule has 0 radical (unpaired) electrons. The van der Waals surface area contributed by atoms with Gasteiger partial charge in [0, 0.05) is 23.8 Å². The smallest absolute Gasteiger partial charge is 0.123 e. The molecular weight excluding hydrogens is 495 g/mol. The number of nitriles is 2. The Morgan fingerprint density at radius 2 is 1.85 bits per heavy atom. The quantitative estimate of drug-likeness (QED) is 0.298. The van der Waals surface area contributed by atoms with Crippen LogP contribution in [0, 0.1) is 33.9 Å². The summed E-state index contributed by atoms with van der Waals surface area (Å²) >= 11 is 0. The molecule has 2 heterocycles. The molecule has 0 saturated heterocycles. The summed E-state index contributed by atoms with van der Waals surface area (Å²) in [7, 11) is 0. The van der Waals surface area contributed by atoms with Crippen LogP contribution in [-0.2, 0) is 5.54 Å². The first-order valence-electron chi connectivity index (χ1n) is 12.7. The number of benzene rings is 2. The fraction of sp³-hybridized carbons (Fsp3) is 0.345. The van der Waals surface area contributed by atoms with E-state index in [1.54, 1.807) is 29.1 Å². The number of nitrogens with one attached hydrogen (secondary N) is 2. The third-order valence-corrected chi connectivity index (χ3v) is 6.94. The molecule has 39 heavy (non-hydrogen) atoms. The Kier molecular flexibility index (Phi) is 6.67. The van der Waals surface area contributed by atoms with Gasteiger partial charge in [0.05, 0.1) is 46.7 Å². The van der Waals surface area contributed by atoms with E-state index in [2.05, 4.69) is 58.8 Å². The molecule has 0 bridgehead atoms. The highest BCUT2D eigenvalue weighted by Crippen LogP contribution is 2.43. The number of aromatic nitrogens is 4. The maximum Gasteiger partial charge on any atom is 0.123 e. The van der Waals surface area contributed by atoms with E-state index >= 15 is 0 Å². The maximum atomic E-state index is 13.8. The number of halogens is 1. The number of hydrogen-bond donors (Lipinski definition) is 3. The van der Waals surface area contributed by atoms with Crippen LogP contribution in [0.5, 0.6) is 0 Å². The standard InChI is InChI=1S/C29H29FN8O/c1-28(2,3)16-34-26-20(13-32)14-33-25-19(12-31)10-22(11-23(25)26)35-27(18-4-6-21(30)7-5-18)24-15-38(37-36-24)29(17-39)8-9-29/h4-7,10-11,14-15,27,35,39H,8-9,16-17H2,1-3H3,(H,33,34)/t27-/m0/s1. The molecule has 0 unspecified atom stereocenters. The van der Waals surface area contributed by atoms with Gasteiger partial charge in [-0.3, -0.25) is 4.98 Å². The topological polar surface area (TPSA) is 135 Å². The van der Waals surface area contributed by atoms with Gasteiger partial charge in [-0.25, -0.2) is 9.07 Å². The van der Waals surface area contributed by atoms with Crippen LogP contribution in [0.25, 0.3) is 10.9 Å². The summed E-state index contributed by atoms with van der Waals surface area (Å²) in [6.07, 6.45) is 4.91. The van der Waals surface area contributed by atoms with Crippen molar-refractivity contribution in [2.75, 3.05) is 23.8 Å². The molecule has 10 heteroatoms. The number of fused-ring (bicyclic) bond motifs is 1. The number of pyridine rings is 1. The van der Waals surface area contributed by atoms with Crippen LogP contribution in [-0.4, -0.2) is 38.2 Å². The van der Waals surface area contributed by atoms with Gasteiger partial charge >= 0.3 is 0 Å². The highest BCUT2D eigenvalue weighted by atomic mass is 19.1. The second-order valence-electron chi connectivity index (χ2n) is 11.2. The zero-order valence-electron chi connectivity index (χ0n) is 22.0. The fourth-order valence-electron chi connectivity index (χ4n) is 4.49. The van der Waals surface area contributed by atoms with E-state index in [-0.39, 0.29) is 17.8 Å². The van der Waals surface area contributed by atoms with Crippen molar-refractivity contribution in [3.63, 3.8) is 0 Å². The molecule has 0 aliphatic heterocycles. The second-order valence-corrected chi connectivity index (χ2v) is 11.2. The SMILES string of the molecule is CC(C)(C)CNc1c(C#N)cnc2c(C#N)cc(N[C@@H](c3ccc(F)cc3)c3cn(C4(CO)CC4)nn3)cc12. The average molecular weight is 525 g/mol. The van der Waals surface area contributed by atoms with E-state index in [1.807, 2.05) is 6.07 Å². The molecule has 0 spiro atoms. The molecular formula is C29H29FN8O. The van der Waals surface area contributed by atoms with Gasteiger partial charge in [-0.2, -0.15) is 10.5 Å². The molecule has 2 aromatic heterocycles. The Balaban J connectivity index is 1.61. The summed E-state index contributed by atoms with van der Waals surface area (Å²) in [6, 6.07) is 13.5. The van der Waals surface area contributed by atoms with Crippen molar-refractivity contribution in [1.29, 1.82) is 10.5 Å². The van der Waals surface area contributed by atoms with Crippen molar-refractivity contribution in [2.45, 2.75) is 45.2 Å². The zero-order chi connectivity index (χ0) is 27.8. The van der Waals surface area contributed by atoms with Crippen LogP contribution in [0.15, 0.2) is 48.8 Å². The number of hydrogen-bond acceptors (Lipinski definition) is 8. The summed E-state index contributed by atoms with van der Waals surface area (Å²) in [5.74, 6) is -0.361. The minimum absolute atomic E-state index is 0.0286. The lowest BCUT2D eigenvalue weighted by Gasteiger charge is -2.22. The highest BCUT2D eigenvalue weighted by Gasteiger charge is 2.45. The Morgan fingerprint density at radius 3 is 2.46 bits per heavy atom. The lowest BCUT2D eigenvalue weighted by molar-refractivity contribution is 0.200. The summed E-state index contributed by atoms with van der Waals surface area (Å²) in [5, 5.41) is 45.7. The largest absolute Gasteiger partial charge is 0.394 e. The van der Waals surface area contributed by atoms with Crippen molar-refractivity contribution in [1.82, 2.24) is 20.0 Å². The van der Waals surface area contributed by atoms with Gasteiger partial charge in [-0.15, -0.1) is 5.10 Å². The summed E-state index contributed by atoms with van der Waals surface area (Å²) in [5.41, 5.74) is 3.26. The molecule has 1 saturated carbocycles. The zero-order valence-corrected chi connectivity index (χ0v) is 22.0. The molecule has 1 fully saturated rings. The number of aliphatic hydroxyl groups excluding tert-OH is 1. The van der Waals surface area contributed by atoms with Crippen molar-refractivity contribution in [3.8, 4) is 12.1 Å². The lowest BCUT2D eigenvalue weighted by Crippen LogP contribution is -2.22. The van der Waals surface area contributed by atoms with Crippen LogP contribution >= 0.6 is 0 Å². The molecule has 198 valence electrons. The first-order valence-corrected chi connectivity index (χ1v) is 12.7. The van der Waals surface area contributed by atoms with Crippen molar-refractivity contribution in [3.05, 3.63) is 77.0 Å². The van der Waals surface area contributed by atoms with Crippen molar-refractivity contribution >= 4 is 22.3 Å². The summed E-state index contributed by atoms with van der Waals surface area (Å²) < 4.78 is 15.5. The Bertz CT molecular complexity index is 1600. The van der Waals surface area contributed by atoms with Crippen LogP contribution < -0.4 is 10.6 Å². The van der Waals surface area contributed by atoms with Gasteiger partial charge in [0.15, 0.2) is 0 Å². The summed E-state index contributed by atoms with van der Waals surface area (Å²) in [6.45, 7) is 6.85. The number of aliphatic hydroxyl groups is 1. The third-order valence-electron chi connectivity index (χ3n) is 6.94. The van der Waals surface area contributed by atoms with E-state index in [0.717, 1.165) is 18.4 Å². The predicted molar refractivity (Wildman–Crippen MR) is 145 cm³/mol. The summed E-state index contributed by atoms with van der Waals surface area (Å²) in [4.78, 5) is 4.42. The van der Waals surface area contributed by atoms with Crippen LogP contribution in [0.4, 0.5) is 15.8 Å². The molecule has 2 aromatic carbocycles. The molecule has 1 atom stereocenters. The Morgan fingerprint density at radius 1 is 1.13 bits per heavy atom. The fourth-order valence-corrected chi connectivity index (χ4v) is 4.49. The average Bonchev–Trinajstić information content (AvgIpc) is 3.57. The molecule has 4 aromatic rings. The Hall–Kier alpha value is -4.54. The van der Waals surface area contributed by atoms with Crippen molar-refractivity contribution in [2.24, 2.45) is 5.41 Å². The van der Waals surface area contributed by atoms with E-state index in [4.69, 9.17) is 0 Å². The molecule has 1 aliphatic rings. The minimum atomic E-state index is -0.532. The van der Waals surface area contributed by atoms with Crippen LogP contribution in [0.3, 0.4) is 0 Å². The van der Waals surface area contributed by atoms with Gasteiger partial charge < -0.3 is 15.7 Å². The highest BCUT2D eigenvalue weighted by molar-refractivity contribution is 5.99. The predicted octanol–water partition coefficient (Wildman–Crippen LogP) is 4.85. The molecule has 5 rings (SSSR count).